The van der Waals surface area contributed by atoms with E-state index in [1.165, 1.54) is 18.2 Å². The molecular weight excluding hydrogens is 462 g/mol. The summed E-state index contributed by atoms with van der Waals surface area (Å²) in [5.41, 5.74) is 2.83. The molecule has 4 aromatic rings. The fraction of sp³-hybridized carbons (Fsp3) is 0.111. The second kappa shape index (κ2) is 10.6. The standard InChI is InChI=1S/C27H23N3O2S2/c1-2-17-33-24-15-13-21(14-16-24)27-22(20-30(29-27)23-9-5-3-6-10-23)18-26(19-28)34(31,32)25-11-7-4-8-12-25/h3-16,18,20H,2,17H2,1H3/b26-18-. The molecule has 0 fully saturated rings. The zero-order valence-electron chi connectivity index (χ0n) is 18.6. The van der Waals surface area contributed by atoms with Crippen molar-refractivity contribution in [1.82, 2.24) is 9.78 Å². The van der Waals surface area contributed by atoms with E-state index in [1.807, 2.05) is 60.7 Å². The zero-order chi connectivity index (χ0) is 24.0. The first-order chi connectivity index (χ1) is 16.5. The number of hydrogen-bond donors (Lipinski definition) is 0. The molecule has 0 amide bonds. The number of thioether (sulfide) groups is 1. The van der Waals surface area contributed by atoms with Crippen LogP contribution in [0, 0.1) is 11.3 Å². The number of para-hydroxylation sites is 1. The van der Waals surface area contributed by atoms with E-state index in [9.17, 15) is 13.7 Å². The number of allylic oxidation sites excluding steroid dienone is 1. The van der Waals surface area contributed by atoms with Crippen molar-refractivity contribution < 1.29 is 8.42 Å². The van der Waals surface area contributed by atoms with Crippen LogP contribution in [0.4, 0.5) is 0 Å². The Morgan fingerprint density at radius 3 is 2.26 bits per heavy atom. The average molecular weight is 486 g/mol. The third kappa shape index (κ3) is 5.14. The van der Waals surface area contributed by atoms with E-state index in [-0.39, 0.29) is 9.80 Å². The molecule has 0 unspecified atom stereocenters. The van der Waals surface area contributed by atoms with Gasteiger partial charge in [0, 0.05) is 22.2 Å². The zero-order valence-corrected chi connectivity index (χ0v) is 20.3. The molecule has 5 nitrogen and oxygen atoms in total. The smallest absolute Gasteiger partial charge is 0.216 e. The molecule has 1 aromatic heterocycles. The van der Waals surface area contributed by atoms with E-state index in [0.29, 0.717) is 11.3 Å². The van der Waals surface area contributed by atoms with E-state index in [0.717, 1.165) is 28.3 Å². The van der Waals surface area contributed by atoms with E-state index < -0.39 is 9.84 Å². The normalized spacial score (nSPS) is 11.8. The fourth-order valence-corrected chi connectivity index (χ4v) is 5.34. The maximum absolute atomic E-state index is 13.1. The lowest BCUT2D eigenvalue weighted by Gasteiger charge is -2.04. The van der Waals surface area contributed by atoms with Crippen molar-refractivity contribution in [2.24, 2.45) is 0 Å². The number of sulfone groups is 1. The van der Waals surface area contributed by atoms with Gasteiger partial charge >= 0.3 is 0 Å². The lowest BCUT2D eigenvalue weighted by molar-refractivity contribution is 0.603. The van der Waals surface area contributed by atoms with Gasteiger partial charge in [-0.05, 0) is 54.6 Å². The van der Waals surface area contributed by atoms with Crippen LogP contribution in [-0.4, -0.2) is 24.0 Å². The van der Waals surface area contributed by atoms with Crippen LogP contribution < -0.4 is 0 Å². The highest BCUT2D eigenvalue weighted by molar-refractivity contribution is 7.99. The Hall–Kier alpha value is -3.60. The largest absolute Gasteiger partial charge is 0.240 e. The van der Waals surface area contributed by atoms with Crippen LogP contribution >= 0.6 is 11.8 Å². The second-order valence-corrected chi connectivity index (χ2v) is 10.6. The Morgan fingerprint density at radius 1 is 1.00 bits per heavy atom. The molecule has 0 saturated heterocycles. The second-order valence-electron chi connectivity index (χ2n) is 7.52. The van der Waals surface area contributed by atoms with Crippen molar-refractivity contribution >= 4 is 27.7 Å². The Kier molecular flexibility index (Phi) is 7.31. The molecule has 0 atom stereocenters. The summed E-state index contributed by atoms with van der Waals surface area (Å²) in [7, 11) is -3.96. The van der Waals surface area contributed by atoms with Crippen molar-refractivity contribution in [3.05, 3.63) is 102 Å². The molecule has 0 saturated carbocycles. The SMILES string of the molecule is CCCSc1ccc(-c2nn(-c3ccccc3)cc2/C=C(/C#N)S(=O)(=O)c2ccccc2)cc1. The first-order valence-corrected chi connectivity index (χ1v) is 13.3. The summed E-state index contributed by atoms with van der Waals surface area (Å²) in [6.45, 7) is 2.15. The molecule has 4 rings (SSSR count). The predicted octanol–water partition coefficient (Wildman–Crippen LogP) is 6.38. The molecule has 0 spiro atoms. The van der Waals surface area contributed by atoms with Gasteiger partial charge in [-0.1, -0.05) is 55.5 Å². The van der Waals surface area contributed by atoms with Crippen molar-refractivity contribution in [3.8, 4) is 23.0 Å². The van der Waals surface area contributed by atoms with Gasteiger partial charge in [0.1, 0.15) is 16.7 Å². The molecule has 0 N–H and O–H groups in total. The van der Waals surface area contributed by atoms with E-state index >= 15 is 0 Å². The van der Waals surface area contributed by atoms with Crippen LogP contribution in [-0.2, 0) is 9.84 Å². The first-order valence-electron chi connectivity index (χ1n) is 10.8. The number of nitriles is 1. The van der Waals surface area contributed by atoms with Gasteiger partial charge in [-0.3, -0.25) is 0 Å². The summed E-state index contributed by atoms with van der Waals surface area (Å²) in [6.07, 6.45) is 4.25. The van der Waals surface area contributed by atoms with Gasteiger partial charge in [-0.2, -0.15) is 10.4 Å². The van der Waals surface area contributed by atoms with Gasteiger partial charge in [0.2, 0.25) is 9.84 Å². The van der Waals surface area contributed by atoms with Crippen molar-refractivity contribution in [1.29, 1.82) is 5.26 Å². The number of nitrogens with zero attached hydrogens (tertiary/aromatic N) is 3. The molecular formula is C27H23N3O2S2. The average Bonchev–Trinajstić information content (AvgIpc) is 3.31. The number of benzene rings is 3. The van der Waals surface area contributed by atoms with Gasteiger partial charge in [0.15, 0.2) is 0 Å². The Morgan fingerprint density at radius 2 is 1.65 bits per heavy atom. The summed E-state index contributed by atoms with van der Waals surface area (Å²) in [5.74, 6) is 1.04. The Balaban J connectivity index is 1.82. The molecule has 34 heavy (non-hydrogen) atoms. The molecule has 0 aliphatic carbocycles. The molecule has 0 radical (unpaired) electrons. The van der Waals surface area contributed by atoms with Gasteiger partial charge in [0.05, 0.1) is 10.6 Å². The Labute approximate surface area is 204 Å². The lowest BCUT2D eigenvalue weighted by atomic mass is 10.1. The van der Waals surface area contributed by atoms with Gasteiger partial charge in [0.25, 0.3) is 0 Å². The summed E-state index contributed by atoms with van der Waals surface area (Å²) < 4.78 is 27.9. The molecule has 170 valence electrons. The van der Waals surface area contributed by atoms with Crippen LogP contribution in [0.3, 0.4) is 0 Å². The van der Waals surface area contributed by atoms with Crippen LogP contribution in [0.1, 0.15) is 18.9 Å². The van der Waals surface area contributed by atoms with Gasteiger partial charge in [-0.25, -0.2) is 13.1 Å². The van der Waals surface area contributed by atoms with E-state index in [4.69, 9.17) is 5.10 Å². The van der Waals surface area contributed by atoms with E-state index in [2.05, 4.69) is 6.92 Å². The molecule has 3 aromatic carbocycles. The minimum absolute atomic E-state index is 0.0807. The summed E-state index contributed by atoms with van der Waals surface area (Å²) in [4.78, 5) is 0.911. The van der Waals surface area contributed by atoms with Crippen LogP contribution in [0.15, 0.2) is 106 Å². The summed E-state index contributed by atoms with van der Waals surface area (Å²) in [6, 6.07) is 27.5. The molecule has 0 bridgehead atoms. The van der Waals surface area contributed by atoms with Gasteiger partial charge < -0.3 is 0 Å². The highest BCUT2D eigenvalue weighted by atomic mass is 32.2. The minimum Gasteiger partial charge on any atom is -0.240 e. The topological polar surface area (TPSA) is 75.8 Å². The third-order valence-electron chi connectivity index (χ3n) is 5.10. The molecule has 0 aliphatic rings. The fourth-order valence-electron chi connectivity index (χ4n) is 3.40. The number of hydrogen-bond acceptors (Lipinski definition) is 5. The molecule has 0 aliphatic heterocycles. The molecule has 1 heterocycles. The highest BCUT2D eigenvalue weighted by Crippen LogP contribution is 2.30. The number of rotatable bonds is 8. The van der Waals surface area contributed by atoms with E-state index in [1.54, 1.807) is 40.8 Å². The van der Waals surface area contributed by atoms with Crippen molar-refractivity contribution in [2.75, 3.05) is 5.75 Å². The monoisotopic (exact) mass is 485 g/mol. The van der Waals surface area contributed by atoms with Crippen LogP contribution in [0.25, 0.3) is 23.0 Å². The molecule has 7 heteroatoms. The first kappa shape index (κ1) is 23.6. The summed E-state index contributed by atoms with van der Waals surface area (Å²) in [5, 5.41) is 14.5. The quantitative estimate of drug-likeness (QED) is 0.214. The summed E-state index contributed by atoms with van der Waals surface area (Å²) >= 11 is 1.79. The predicted molar refractivity (Wildman–Crippen MR) is 137 cm³/mol. The Bertz CT molecular complexity index is 1440. The number of aromatic nitrogens is 2. The van der Waals surface area contributed by atoms with Gasteiger partial charge in [-0.15, -0.1) is 11.8 Å². The van der Waals surface area contributed by atoms with Crippen LogP contribution in [0.5, 0.6) is 0 Å². The lowest BCUT2D eigenvalue weighted by Crippen LogP contribution is -2.03. The highest BCUT2D eigenvalue weighted by Gasteiger charge is 2.22. The van der Waals surface area contributed by atoms with Crippen molar-refractivity contribution in [2.45, 2.75) is 23.1 Å². The maximum Gasteiger partial charge on any atom is 0.216 e. The maximum atomic E-state index is 13.1. The third-order valence-corrected chi connectivity index (χ3v) is 8.00. The van der Waals surface area contributed by atoms with Crippen LogP contribution in [0.2, 0.25) is 0 Å². The minimum atomic E-state index is -3.96. The van der Waals surface area contributed by atoms with Crippen molar-refractivity contribution in [3.63, 3.8) is 0 Å².